The number of para-hydroxylation sites is 1. The quantitative estimate of drug-likeness (QED) is 0.223. The molecule has 1 aliphatic rings. The normalized spacial score (nSPS) is 14.2. The van der Waals surface area contributed by atoms with Crippen LogP contribution in [-0.2, 0) is 16.4 Å². The molecule has 2 aromatic heterocycles. The number of hydrogen-bond donors (Lipinski definition) is 2. The molecule has 0 bridgehead atoms. The molecule has 228 valence electrons. The van der Waals surface area contributed by atoms with E-state index in [0.29, 0.717) is 52.3 Å². The molecule has 0 amide bonds. The van der Waals surface area contributed by atoms with Crippen molar-refractivity contribution in [2.75, 3.05) is 49.5 Å². The molecule has 11 nitrogen and oxygen atoms in total. The van der Waals surface area contributed by atoms with Crippen LogP contribution in [0.5, 0.6) is 17.4 Å². The highest BCUT2D eigenvalue weighted by Gasteiger charge is 2.25. The van der Waals surface area contributed by atoms with Gasteiger partial charge in [0.2, 0.25) is 11.8 Å². The van der Waals surface area contributed by atoms with Gasteiger partial charge in [-0.1, -0.05) is 50.6 Å². The standard InChI is InChI=1S/C30H36ClN7O4S/c1-5-22-28(23-9-6-7-11-25(23)41-19-20(2)3)34-30(36-43(39,40)21-17-32-33-18-21)35-29(22)42-26-12-8-10-24(27(26)31)38-15-13-37(4)14-16-38/h6-12,17-18,20H,5,13-16,19H2,1-4H3,(H,32,33)(H,34,35,36). The number of H-pyrrole nitrogens is 1. The zero-order valence-electron chi connectivity index (χ0n) is 24.7. The maximum Gasteiger partial charge on any atom is 0.267 e. The molecular formula is C30H36ClN7O4S. The largest absolute Gasteiger partial charge is 0.493 e. The number of benzene rings is 2. The van der Waals surface area contributed by atoms with Crippen molar-refractivity contribution in [1.82, 2.24) is 25.1 Å². The van der Waals surface area contributed by atoms with E-state index in [1.165, 1.54) is 12.4 Å². The number of likely N-dealkylation sites (N-methyl/N-ethyl adjacent to an activating group) is 1. The van der Waals surface area contributed by atoms with E-state index in [-0.39, 0.29) is 16.7 Å². The second-order valence-electron chi connectivity index (χ2n) is 10.8. The minimum atomic E-state index is -4.04. The molecule has 13 heteroatoms. The third kappa shape index (κ3) is 7.03. The van der Waals surface area contributed by atoms with E-state index in [1.54, 1.807) is 6.07 Å². The number of hydrogen-bond acceptors (Lipinski definition) is 9. The van der Waals surface area contributed by atoms with Gasteiger partial charge in [-0.05, 0) is 43.7 Å². The van der Waals surface area contributed by atoms with Gasteiger partial charge in [-0.15, -0.1) is 0 Å². The number of rotatable bonds is 11. The summed E-state index contributed by atoms with van der Waals surface area (Å²) >= 11 is 6.93. The van der Waals surface area contributed by atoms with Crippen LogP contribution >= 0.6 is 11.6 Å². The number of ether oxygens (including phenoxy) is 2. The van der Waals surface area contributed by atoms with E-state index in [1.807, 2.05) is 43.3 Å². The lowest BCUT2D eigenvalue weighted by atomic mass is 10.0. The first kappa shape index (κ1) is 30.6. The molecule has 2 N–H and O–H groups in total. The smallest absolute Gasteiger partial charge is 0.267 e. The number of aromatic nitrogens is 4. The van der Waals surface area contributed by atoms with E-state index >= 15 is 0 Å². The van der Waals surface area contributed by atoms with Crippen molar-refractivity contribution < 1.29 is 17.9 Å². The summed E-state index contributed by atoms with van der Waals surface area (Å²) in [5, 5.41) is 6.73. The Balaban J connectivity index is 1.60. The van der Waals surface area contributed by atoms with Crippen molar-refractivity contribution in [3.63, 3.8) is 0 Å². The fourth-order valence-corrected chi connectivity index (χ4v) is 5.85. The van der Waals surface area contributed by atoms with Crippen LogP contribution < -0.4 is 19.1 Å². The predicted octanol–water partition coefficient (Wildman–Crippen LogP) is 5.46. The Morgan fingerprint density at radius 1 is 1.05 bits per heavy atom. The Kier molecular flexibility index (Phi) is 9.38. The summed E-state index contributed by atoms with van der Waals surface area (Å²) in [4.78, 5) is 13.7. The lowest BCUT2D eigenvalue weighted by Crippen LogP contribution is -2.44. The molecule has 43 heavy (non-hydrogen) atoms. The van der Waals surface area contributed by atoms with E-state index in [4.69, 9.17) is 21.1 Å². The fraction of sp³-hybridized carbons (Fsp3) is 0.367. The first-order chi connectivity index (χ1) is 20.7. The average molecular weight is 626 g/mol. The maximum absolute atomic E-state index is 13.1. The predicted molar refractivity (Wildman–Crippen MR) is 168 cm³/mol. The molecule has 1 fully saturated rings. The fourth-order valence-electron chi connectivity index (χ4n) is 4.72. The van der Waals surface area contributed by atoms with Crippen LogP contribution in [0.25, 0.3) is 11.3 Å². The molecular weight excluding hydrogens is 590 g/mol. The van der Waals surface area contributed by atoms with E-state index in [9.17, 15) is 8.42 Å². The number of aromatic amines is 1. The SMILES string of the molecule is CCc1c(Oc2cccc(N3CCN(C)CC3)c2Cl)nc(NS(=O)(=O)c2cn[nH]c2)nc1-c1ccccc1OCC(C)C. The summed E-state index contributed by atoms with van der Waals surface area (Å²) in [7, 11) is -1.94. The Hall–Kier alpha value is -3.87. The summed E-state index contributed by atoms with van der Waals surface area (Å²) in [6.07, 6.45) is 2.98. The number of piperazine rings is 1. The Morgan fingerprint density at radius 2 is 1.79 bits per heavy atom. The molecule has 0 radical (unpaired) electrons. The van der Waals surface area contributed by atoms with Crippen LogP contribution in [-0.4, -0.2) is 73.3 Å². The van der Waals surface area contributed by atoms with Gasteiger partial charge >= 0.3 is 0 Å². The third-order valence-corrected chi connectivity index (χ3v) is 8.71. The van der Waals surface area contributed by atoms with E-state index < -0.39 is 10.0 Å². The van der Waals surface area contributed by atoms with Crippen molar-refractivity contribution in [2.24, 2.45) is 5.92 Å². The Bertz CT molecular complexity index is 1660. The third-order valence-electron chi connectivity index (χ3n) is 7.04. The monoisotopic (exact) mass is 625 g/mol. The van der Waals surface area contributed by atoms with Gasteiger partial charge in [0.25, 0.3) is 10.0 Å². The number of halogens is 1. The van der Waals surface area contributed by atoms with Gasteiger partial charge in [-0.2, -0.15) is 10.1 Å². The second-order valence-corrected chi connectivity index (χ2v) is 12.8. The Morgan fingerprint density at radius 3 is 2.49 bits per heavy atom. The topological polar surface area (TPSA) is 126 Å². The number of nitrogens with one attached hydrogen (secondary N) is 2. The molecule has 4 aromatic rings. The lowest BCUT2D eigenvalue weighted by Gasteiger charge is -2.34. The first-order valence-corrected chi connectivity index (χ1v) is 16.1. The molecule has 0 saturated carbocycles. The van der Waals surface area contributed by atoms with Crippen LogP contribution in [0.15, 0.2) is 59.8 Å². The number of anilines is 2. The van der Waals surface area contributed by atoms with Crippen molar-refractivity contribution in [2.45, 2.75) is 32.1 Å². The molecule has 0 spiro atoms. The molecule has 0 aliphatic carbocycles. The van der Waals surface area contributed by atoms with Crippen molar-refractivity contribution in [3.8, 4) is 28.6 Å². The van der Waals surface area contributed by atoms with Crippen molar-refractivity contribution >= 4 is 33.3 Å². The van der Waals surface area contributed by atoms with Gasteiger partial charge in [0, 0.05) is 43.5 Å². The second kappa shape index (κ2) is 13.2. The maximum atomic E-state index is 13.1. The van der Waals surface area contributed by atoms with Gasteiger partial charge in [0.1, 0.15) is 21.4 Å². The molecule has 0 unspecified atom stereocenters. The minimum absolute atomic E-state index is 0.0525. The summed E-state index contributed by atoms with van der Waals surface area (Å²) in [6, 6.07) is 13.2. The zero-order valence-corrected chi connectivity index (χ0v) is 26.2. The van der Waals surface area contributed by atoms with Crippen LogP contribution in [0, 0.1) is 5.92 Å². The average Bonchev–Trinajstić information content (AvgIpc) is 3.54. The van der Waals surface area contributed by atoms with Gasteiger partial charge in [-0.3, -0.25) is 5.10 Å². The lowest BCUT2D eigenvalue weighted by molar-refractivity contribution is 0.272. The minimum Gasteiger partial charge on any atom is -0.493 e. The molecule has 5 rings (SSSR count). The van der Waals surface area contributed by atoms with E-state index in [2.05, 4.69) is 55.6 Å². The van der Waals surface area contributed by atoms with Crippen LogP contribution in [0.2, 0.25) is 5.02 Å². The number of nitrogens with zero attached hydrogens (tertiary/aromatic N) is 5. The summed E-state index contributed by atoms with van der Waals surface area (Å²) in [5.41, 5.74) is 2.72. The number of sulfonamides is 1. The van der Waals surface area contributed by atoms with Crippen molar-refractivity contribution in [3.05, 3.63) is 65.4 Å². The highest BCUT2D eigenvalue weighted by Crippen LogP contribution is 2.41. The molecule has 1 aliphatic heterocycles. The van der Waals surface area contributed by atoms with Gasteiger partial charge in [0.15, 0.2) is 0 Å². The molecule has 3 heterocycles. The summed E-state index contributed by atoms with van der Waals surface area (Å²) < 4.78 is 41.3. The van der Waals surface area contributed by atoms with Crippen LogP contribution in [0.4, 0.5) is 11.6 Å². The summed E-state index contributed by atoms with van der Waals surface area (Å²) in [5.74, 6) is 1.36. The van der Waals surface area contributed by atoms with E-state index in [0.717, 1.165) is 31.9 Å². The first-order valence-electron chi connectivity index (χ1n) is 14.2. The van der Waals surface area contributed by atoms with Crippen LogP contribution in [0.3, 0.4) is 0 Å². The summed E-state index contributed by atoms with van der Waals surface area (Å²) in [6.45, 7) is 10.1. The van der Waals surface area contributed by atoms with Gasteiger partial charge in [-0.25, -0.2) is 18.1 Å². The highest BCUT2D eigenvalue weighted by molar-refractivity contribution is 7.92. The molecule has 2 aromatic carbocycles. The van der Waals surface area contributed by atoms with Crippen molar-refractivity contribution in [1.29, 1.82) is 0 Å². The van der Waals surface area contributed by atoms with Gasteiger partial charge in [0.05, 0.1) is 24.2 Å². The molecule has 1 saturated heterocycles. The molecule has 0 atom stereocenters. The highest BCUT2D eigenvalue weighted by atomic mass is 35.5. The zero-order chi connectivity index (χ0) is 30.6. The van der Waals surface area contributed by atoms with Crippen LogP contribution in [0.1, 0.15) is 26.3 Å². The Labute approximate surface area is 257 Å². The van der Waals surface area contributed by atoms with Gasteiger partial charge < -0.3 is 19.3 Å².